The van der Waals surface area contributed by atoms with Gasteiger partial charge in [-0.05, 0) is 29.8 Å². The standard InChI is InChI=1S/C10H15BrN2O3/c1-4-16-10(14)9-8(11)7(2)13(12-9)5-6-15-3/h4-6H2,1-3H3. The molecular weight excluding hydrogens is 276 g/mol. The van der Waals surface area contributed by atoms with Gasteiger partial charge in [0.1, 0.15) is 0 Å². The zero-order valence-electron chi connectivity index (χ0n) is 9.62. The van der Waals surface area contributed by atoms with Gasteiger partial charge in [-0.1, -0.05) is 0 Å². The highest BCUT2D eigenvalue weighted by atomic mass is 79.9. The fourth-order valence-corrected chi connectivity index (χ4v) is 1.70. The Bertz CT molecular complexity index is 376. The SMILES string of the molecule is CCOC(=O)c1nn(CCOC)c(C)c1Br. The highest BCUT2D eigenvalue weighted by molar-refractivity contribution is 9.10. The number of esters is 1. The van der Waals surface area contributed by atoms with Crippen molar-refractivity contribution < 1.29 is 14.3 Å². The maximum atomic E-state index is 11.5. The molecule has 90 valence electrons. The number of halogens is 1. The van der Waals surface area contributed by atoms with Gasteiger partial charge in [0.25, 0.3) is 0 Å². The Kier molecular flexibility index (Phi) is 4.95. The molecule has 0 atom stereocenters. The molecule has 5 nitrogen and oxygen atoms in total. The van der Waals surface area contributed by atoms with E-state index in [0.29, 0.717) is 29.9 Å². The van der Waals surface area contributed by atoms with Crippen LogP contribution in [0.2, 0.25) is 0 Å². The number of hydrogen-bond acceptors (Lipinski definition) is 4. The first-order valence-electron chi connectivity index (χ1n) is 5.00. The highest BCUT2D eigenvalue weighted by Gasteiger charge is 2.19. The summed E-state index contributed by atoms with van der Waals surface area (Å²) in [6.45, 7) is 5.16. The normalized spacial score (nSPS) is 10.5. The number of aromatic nitrogens is 2. The molecule has 16 heavy (non-hydrogen) atoms. The topological polar surface area (TPSA) is 53.3 Å². The zero-order valence-corrected chi connectivity index (χ0v) is 11.2. The molecule has 1 rings (SSSR count). The summed E-state index contributed by atoms with van der Waals surface area (Å²) in [5, 5.41) is 4.18. The molecule has 0 unspecified atom stereocenters. The number of carbonyl (C=O) groups is 1. The minimum atomic E-state index is -0.409. The van der Waals surface area contributed by atoms with E-state index in [1.807, 2.05) is 6.92 Å². The molecule has 0 bridgehead atoms. The van der Waals surface area contributed by atoms with Crippen LogP contribution in [0.4, 0.5) is 0 Å². The molecule has 0 aliphatic rings. The lowest BCUT2D eigenvalue weighted by atomic mass is 10.4. The van der Waals surface area contributed by atoms with Crippen LogP contribution in [0.5, 0.6) is 0 Å². The molecule has 1 heterocycles. The van der Waals surface area contributed by atoms with E-state index >= 15 is 0 Å². The van der Waals surface area contributed by atoms with Gasteiger partial charge in [-0.3, -0.25) is 4.68 Å². The van der Waals surface area contributed by atoms with Gasteiger partial charge in [-0.2, -0.15) is 5.10 Å². The smallest absolute Gasteiger partial charge is 0.360 e. The molecule has 0 radical (unpaired) electrons. The van der Waals surface area contributed by atoms with Crippen molar-refractivity contribution in [3.63, 3.8) is 0 Å². The Labute approximate surface area is 103 Å². The third-order valence-corrected chi connectivity index (χ3v) is 3.06. The Morgan fingerprint density at radius 3 is 2.81 bits per heavy atom. The van der Waals surface area contributed by atoms with Gasteiger partial charge < -0.3 is 9.47 Å². The molecule has 0 aromatic carbocycles. The van der Waals surface area contributed by atoms with Crippen molar-refractivity contribution in [2.75, 3.05) is 20.3 Å². The first-order valence-corrected chi connectivity index (χ1v) is 5.80. The number of nitrogens with zero attached hydrogens (tertiary/aromatic N) is 2. The summed E-state index contributed by atoms with van der Waals surface area (Å²) in [5.41, 5.74) is 1.20. The van der Waals surface area contributed by atoms with Gasteiger partial charge in [0.2, 0.25) is 0 Å². The van der Waals surface area contributed by atoms with Crippen molar-refractivity contribution >= 4 is 21.9 Å². The van der Waals surface area contributed by atoms with E-state index in [-0.39, 0.29) is 0 Å². The Morgan fingerprint density at radius 2 is 2.25 bits per heavy atom. The first kappa shape index (κ1) is 13.2. The summed E-state index contributed by atoms with van der Waals surface area (Å²) in [7, 11) is 1.63. The van der Waals surface area contributed by atoms with Gasteiger partial charge in [-0.15, -0.1) is 0 Å². The molecule has 0 N–H and O–H groups in total. The maximum Gasteiger partial charge on any atom is 0.360 e. The molecule has 0 saturated heterocycles. The van der Waals surface area contributed by atoms with Crippen LogP contribution in [0.1, 0.15) is 23.1 Å². The predicted octanol–water partition coefficient (Wildman–Crippen LogP) is 1.78. The zero-order chi connectivity index (χ0) is 12.1. The second-order valence-electron chi connectivity index (χ2n) is 3.18. The van der Waals surface area contributed by atoms with Gasteiger partial charge in [0.05, 0.1) is 29.9 Å². The third kappa shape index (κ3) is 2.82. The quantitative estimate of drug-likeness (QED) is 0.776. The number of hydrogen-bond donors (Lipinski definition) is 0. The largest absolute Gasteiger partial charge is 0.461 e. The second kappa shape index (κ2) is 6.00. The minimum Gasteiger partial charge on any atom is -0.461 e. The van der Waals surface area contributed by atoms with Crippen molar-refractivity contribution in [3.8, 4) is 0 Å². The number of rotatable bonds is 5. The fourth-order valence-electron chi connectivity index (χ4n) is 1.25. The van der Waals surface area contributed by atoms with Gasteiger partial charge in [0.15, 0.2) is 5.69 Å². The molecule has 0 amide bonds. The van der Waals surface area contributed by atoms with E-state index in [0.717, 1.165) is 5.69 Å². The Morgan fingerprint density at radius 1 is 1.56 bits per heavy atom. The van der Waals surface area contributed by atoms with Crippen LogP contribution in [0, 0.1) is 6.92 Å². The van der Waals surface area contributed by atoms with E-state index in [2.05, 4.69) is 21.0 Å². The predicted molar refractivity (Wildman–Crippen MR) is 62.5 cm³/mol. The van der Waals surface area contributed by atoms with E-state index in [1.54, 1.807) is 18.7 Å². The summed E-state index contributed by atoms with van der Waals surface area (Å²) in [6.07, 6.45) is 0. The molecular formula is C10H15BrN2O3. The number of carbonyl (C=O) groups excluding carboxylic acids is 1. The summed E-state index contributed by atoms with van der Waals surface area (Å²) in [4.78, 5) is 11.5. The van der Waals surface area contributed by atoms with Crippen molar-refractivity contribution in [2.45, 2.75) is 20.4 Å². The fraction of sp³-hybridized carbons (Fsp3) is 0.600. The number of methoxy groups -OCH3 is 1. The summed E-state index contributed by atoms with van der Waals surface area (Å²) >= 11 is 3.34. The van der Waals surface area contributed by atoms with Crippen LogP contribution in [0.25, 0.3) is 0 Å². The van der Waals surface area contributed by atoms with Gasteiger partial charge >= 0.3 is 5.97 Å². The minimum absolute atomic E-state index is 0.315. The van der Waals surface area contributed by atoms with Gasteiger partial charge in [-0.25, -0.2) is 4.79 Å². The lowest BCUT2D eigenvalue weighted by molar-refractivity contribution is 0.0517. The summed E-state index contributed by atoms with van der Waals surface area (Å²) in [5.74, 6) is -0.409. The molecule has 1 aromatic heterocycles. The molecule has 6 heteroatoms. The average molecular weight is 291 g/mol. The van der Waals surface area contributed by atoms with Crippen molar-refractivity contribution in [1.29, 1.82) is 0 Å². The van der Waals surface area contributed by atoms with Crippen LogP contribution in [-0.4, -0.2) is 36.1 Å². The van der Waals surface area contributed by atoms with Crippen LogP contribution >= 0.6 is 15.9 Å². The van der Waals surface area contributed by atoms with Crippen LogP contribution in [0.15, 0.2) is 4.47 Å². The highest BCUT2D eigenvalue weighted by Crippen LogP contribution is 2.21. The van der Waals surface area contributed by atoms with E-state index in [1.165, 1.54) is 0 Å². The second-order valence-corrected chi connectivity index (χ2v) is 3.98. The molecule has 0 aliphatic heterocycles. The van der Waals surface area contributed by atoms with Gasteiger partial charge in [0, 0.05) is 7.11 Å². The summed E-state index contributed by atoms with van der Waals surface area (Å²) in [6, 6.07) is 0. The van der Waals surface area contributed by atoms with Crippen LogP contribution in [0.3, 0.4) is 0 Å². The van der Waals surface area contributed by atoms with E-state index < -0.39 is 5.97 Å². The lowest BCUT2D eigenvalue weighted by Gasteiger charge is -2.02. The molecule has 0 aliphatic carbocycles. The molecule has 0 saturated carbocycles. The monoisotopic (exact) mass is 290 g/mol. The van der Waals surface area contributed by atoms with Crippen LogP contribution in [-0.2, 0) is 16.0 Å². The van der Waals surface area contributed by atoms with E-state index in [4.69, 9.17) is 9.47 Å². The van der Waals surface area contributed by atoms with Crippen LogP contribution < -0.4 is 0 Å². The Hall–Kier alpha value is -0.880. The average Bonchev–Trinajstić information content (AvgIpc) is 2.54. The van der Waals surface area contributed by atoms with Crippen molar-refractivity contribution in [2.24, 2.45) is 0 Å². The first-order chi connectivity index (χ1) is 7.61. The van der Waals surface area contributed by atoms with E-state index in [9.17, 15) is 4.79 Å². The molecule has 0 spiro atoms. The summed E-state index contributed by atoms with van der Waals surface area (Å²) < 4.78 is 12.3. The Balaban J connectivity index is 2.90. The molecule has 0 fully saturated rings. The van der Waals surface area contributed by atoms with Crippen molar-refractivity contribution in [1.82, 2.24) is 9.78 Å². The lowest BCUT2D eigenvalue weighted by Crippen LogP contribution is -2.10. The number of ether oxygens (including phenoxy) is 2. The maximum absolute atomic E-state index is 11.5. The molecule has 1 aromatic rings. The third-order valence-electron chi connectivity index (χ3n) is 2.11. The van der Waals surface area contributed by atoms with Crippen molar-refractivity contribution in [3.05, 3.63) is 15.9 Å².